The average Bonchev–Trinajstić information content (AvgIpc) is 3.08. The Morgan fingerprint density at radius 2 is 2.04 bits per heavy atom. The number of para-hydroxylation sites is 2. The minimum Gasteiger partial charge on any atom is -0.486 e. The molecule has 2 N–H and O–H groups in total. The highest BCUT2D eigenvalue weighted by Crippen LogP contribution is 2.31. The molecule has 1 aromatic heterocycles. The third kappa shape index (κ3) is 4.80. The smallest absolute Gasteiger partial charge is 0.287 e. The number of carbonyl (C=O) groups excluding carboxylic acids is 1. The van der Waals surface area contributed by atoms with Gasteiger partial charge in [0.25, 0.3) is 5.91 Å². The Labute approximate surface area is 152 Å². The Hall–Kier alpha value is -2.91. The molecule has 0 radical (unpaired) electrons. The highest BCUT2D eigenvalue weighted by Gasteiger charge is 2.20. The number of aliphatic hydroxyl groups is 1. The fourth-order valence-corrected chi connectivity index (χ4v) is 2.38. The summed E-state index contributed by atoms with van der Waals surface area (Å²) in [5.74, 6) is 6.97. The van der Waals surface area contributed by atoms with Crippen molar-refractivity contribution in [3.63, 3.8) is 0 Å². The Balaban J connectivity index is 1.48. The number of rotatable bonds is 4. The molecule has 3 rings (SSSR count). The molecule has 0 spiro atoms. The second kappa shape index (κ2) is 7.54. The molecule has 1 aromatic carbocycles. The monoisotopic (exact) mass is 355 g/mol. The molecule has 0 bridgehead atoms. The largest absolute Gasteiger partial charge is 0.486 e. The van der Waals surface area contributed by atoms with Crippen LogP contribution in [0.25, 0.3) is 0 Å². The Morgan fingerprint density at radius 1 is 1.27 bits per heavy atom. The first-order chi connectivity index (χ1) is 12.4. The van der Waals surface area contributed by atoms with Crippen molar-refractivity contribution in [2.75, 3.05) is 13.2 Å². The molecule has 0 unspecified atom stereocenters. The van der Waals surface area contributed by atoms with Crippen molar-refractivity contribution in [2.45, 2.75) is 32.0 Å². The summed E-state index contributed by atoms with van der Waals surface area (Å²) in [5, 5.41) is 12.4. The highest BCUT2D eigenvalue weighted by atomic mass is 16.6. The van der Waals surface area contributed by atoms with Crippen molar-refractivity contribution in [3.8, 4) is 23.3 Å². The number of nitrogens with one attached hydrogen (secondary N) is 1. The molecule has 6 nitrogen and oxygen atoms in total. The van der Waals surface area contributed by atoms with E-state index in [1.165, 1.54) is 0 Å². The molecule has 0 aliphatic carbocycles. The Kier molecular flexibility index (Phi) is 5.19. The molecular weight excluding hydrogens is 334 g/mol. The van der Waals surface area contributed by atoms with Gasteiger partial charge in [-0.25, -0.2) is 0 Å². The fraction of sp³-hybridized carbons (Fsp3) is 0.350. The van der Waals surface area contributed by atoms with Crippen molar-refractivity contribution in [1.82, 2.24) is 5.32 Å². The number of benzene rings is 1. The molecular formula is C20H21NO5. The number of ether oxygens (including phenoxy) is 2. The Morgan fingerprint density at radius 3 is 2.81 bits per heavy atom. The van der Waals surface area contributed by atoms with E-state index in [0.717, 1.165) is 11.5 Å². The number of furan rings is 1. The van der Waals surface area contributed by atoms with E-state index >= 15 is 0 Å². The molecule has 1 atom stereocenters. The van der Waals surface area contributed by atoms with Gasteiger partial charge in [-0.1, -0.05) is 18.1 Å². The maximum Gasteiger partial charge on any atom is 0.287 e. The lowest BCUT2D eigenvalue weighted by Crippen LogP contribution is -2.34. The van der Waals surface area contributed by atoms with Crippen LogP contribution in [0.5, 0.6) is 11.5 Å². The lowest BCUT2D eigenvalue weighted by atomic mass is 10.1. The van der Waals surface area contributed by atoms with Crippen LogP contribution >= 0.6 is 0 Å². The van der Waals surface area contributed by atoms with Gasteiger partial charge in [-0.3, -0.25) is 4.79 Å². The molecule has 0 saturated carbocycles. The maximum atomic E-state index is 12.1. The van der Waals surface area contributed by atoms with Crippen molar-refractivity contribution >= 4 is 5.91 Å². The summed E-state index contributed by atoms with van der Waals surface area (Å²) in [5.41, 5.74) is -1.12. The predicted molar refractivity (Wildman–Crippen MR) is 95.2 cm³/mol. The molecule has 26 heavy (non-hydrogen) atoms. The summed E-state index contributed by atoms with van der Waals surface area (Å²) in [4.78, 5) is 12.1. The number of carbonyl (C=O) groups is 1. The summed E-state index contributed by atoms with van der Waals surface area (Å²) >= 11 is 0. The standard InChI is InChI=1S/C20H21NO5/c1-20(2,23)11-9-14-7-8-18(25-14)19(22)21-12-10-15-13-24-16-5-3-4-6-17(16)26-15/h3-8,15,23H,10,12-13H2,1-2H3,(H,21,22)/t15-/m1/s1. The van der Waals surface area contributed by atoms with Gasteiger partial charge in [0.15, 0.2) is 23.0 Å². The van der Waals surface area contributed by atoms with Crippen LogP contribution in [0.1, 0.15) is 36.6 Å². The average molecular weight is 355 g/mol. The van der Waals surface area contributed by atoms with Crippen molar-refractivity contribution in [1.29, 1.82) is 0 Å². The van der Waals surface area contributed by atoms with Gasteiger partial charge >= 0.3 is 0 Å². The van der Waals surface area contributed by atoms with Gasteiger partial charge in [-0.15, -0.1) is 0 Å². The first-order valence-electron chi connectivity index (χ1n) is 8.43. The summed E-state index contributed by atoms with van der Waals surface area (Å²) < 4.78 is 16.9. The van der Waals surface area contributed by atoms with Crippen LogP contribution in [-0.4, -0.2) is 35.9 Å². The van der Waals surface area contributed by atoms with Crippen LogP contribution in [-0.2, 0) is 0 Å². The normalized spacial score (nSPS) is 15.7. The zero-order valence-electron chi connectivity index (χ0n) is 14.7. The van der Waals surface area contributed by atoms with Gasteiger partial charge in [0.1, 0.15) is 18.3 Å². The van der Waals surface area contributed by atoms with Crippen LogP contribution < -0.4 is 14.8 Å². The topological polar surface area (TPSA) is 80.9 Å². The van der Waals surface area contributed by atoms with Crippen LogP contribution in [0, 0.1) is 11.8 Å². The van der Waals surface area contributed by atoms with E-state index in [1.807, 2.05) is 24.3 Å². The summed E-state index contributed by atoms with van der Waals surface area (Å²) in [6.45, 7) is 4.03. The van der Waals surface area contributed by atoms with Gasteiger partial charge in [0, 0.05) is 13.0 Å². The van der Waals surface area contributed by atoms with E-state index in [2.05, 4.69) is 17.2 Å². The molecule has 2 aromatic rings. The van der Waals surface area contributed by atoms with E-state index < -0.39 is 5.60 Å². The second-order valence-electron chi connectivity index (χ2n) is 6.52. The number of fused-ring (bicyclic) bond motifs is 1. The number of hydrogen-bond acceptors (Lipinski definition) is 5. The summed E-state index contributed by atoms with van der Waals surface area (Å²) in [7, 11) is 0. The van der Waals surface area contributed by atoms with Crippen molar-refractivity contribution < 1.29 is 23.8 Å². The zero-order valence-corrected chi connectivity index (χ0v) is 14.7. The highest BCUT2D eigenvalue weighted by molar-refractivity contribution is 5.91. The van der Waals surface area contributed by atoms with Crippen LogP contribution in [0.2, 0.25) is 0 Å². The maximum absolute atomic E-state index is 12.1. The van der Waals surface area contributed by atoms with Crippen LogP contribution in [0.4, 0.5) is 0 Å². The van der Waals surface area contributed by atoms with E-state index in [9.17, 15) is 9.90 Å². The predicted octanol–water partition coefficient (Wildman–Crippen LogP) is 2.36. The lowest BCUT2D eigenvalue weighted by Gasteiger charge is -2.26. The van der Waals surface area contributed by atoms with Gasteiger partial charge in [0.05, 0.1) is 0 Å². The molecule has 0 saturated heterocycles. The van der Waals surface area contributed by atoms with Gasteiger partial charge in [-0.05, 0) is 44.0 Å². The lowest BCUT2D eigenvalue weighted by molar-refractivity contribution is 0.0804. The molecule has 1 aliphatic heterocycles. The van der Waals surface area contributed by atoms with E-state index in [1.54, 1.807) is 26.0 Å². The van der Waals surface area contributed by atoms with Crippen molar-refractivity contribution in [2.24, 2.45) is 0 Å². The third-order valence-corrected chi connectivity index (χ3v) is 3.64. The van der Waals surface area contributed by atoms with Gasteiger partial charge in [0.2, 0.25) is 0 Å². The van der Waals surface area contributed by atoms with Crippen molar-refractivity contribution in [3.05, 3.63) is 47.9 Å². The fourth-order valence-electron chi connectivity index (χ4n) is 2.38. The molecule has 1 aliphatic rings. The number of amides is 1. The SMILES string of the molecule is CC(C)(O)C#Cc1ccc(C(=O)NCC[C@@H]2COc3ccccc3O2)o1. The molecule has 2 heterocycles. The van der Waals surface area contributed by atoms with Crippen LogP contribution in [0.15, 0.2) is 40.8 Å². The van der Waals surface area contributed by atoms with Gasteiger partial charge < -0.3 is 24.3 Å². The third-order valence-electron chi connectivity index (χ3n) is 3.64. The first kappa shape index (κ1) is 17.9. The zero-order chi connectivity index (χ0) is 18.6. The van der Waals surface area contributed by atoms with E-state index in [0.29, 0.717) is 25.3 Å². The molecule has 136 valence electrons. The minimum absolute atomic E-state index is 0.116. The summed E-state index contributed by atoms with van der Waals surface area (Å²) in [6, 6.07) is 10.7. The first-order valence-corrected chi connectivity index (χ1v) is 8.43. The van der Waals surface area contributed by atoms with E-state index in [-0.39, 0.29) is 17.8 Å². The second-order valence-corrected chi connectivity index (χ2v) is 6.52. The molecule has 6 heteroatoms. The van der Waals surface area contributed by atoms with Gasteiger partial charge in [-0.2, -0.15) is 0 Å². The van der Waals surface area contributed by atoms with Crippen LogP contribution in [0.3, 0.4) is 0 Å². The Bertz CT molecular complexity index is 838. The van der Waals surface area contributed by atoms with E-state index in [4.69, 9.17) is 13.9 Å². The minimum atomic E-state index is -1.12. The molecule has 0 fully saturated rings. The summed E-state index contributed by atoms with van der Waals surface area (Å²) in [6.07, 6.45) is 0.501. The quantitative estimate of drug-likeness (QED) is 0.823. The molecule has 1 amide bonds. The number of hydrogen-bond donors (Lipinski definition) is 2.